The molecule has 0 aliphatic carbocycles. The molecule has 4 heteroatoms. The Hall–Kier alpha value is -3.79. The molecule has 4 nitrogen and oxygen atoms in total. The van der Waals surface area contributed by atoms with E-state index < -0.39 is 0 Å². The van der Waals surface area contributed by atoms with Gasteiger partial charge in [-0.25, -0.2) is 4.98 Å². The van der Waals surface area contributed by atoms with Crippen LogP contribution in [0.4, 0.5) is 0 Å². The van der Waals surface area contributed by atoms with Crippen LogP contribution in [0.25, 0.3) is 29.0 Å². The number of Topliss-reactive ketones (excluding diaryl/α,β-unsaturated/α-hetero) is 2. The minimum Gasteiger partial charge on any atom is -0.494 e. The Labute approximate surface area is 209 Å². The first kappa shape index (κ1) is 27.5. The van der Waals surface area contributed by atoms with Crippen molar-refractivity contribution in [2.24, 2.45) is 0 Å². The van der Waals surface area contributed by atoms with Crippen LogP contribution < -0.4 is 4.74 Å². The number of hydrogen-bond acceptors (Lipinski definition) is 4. The Kier molecular flexibility index (Phi) is 9.89. The van der Waals surface area contributed by atoms with E-state index in [1.54, 1.807) is 20.1 Å². The van der Waals surface area contributed by atoms with Gasteiger partial charge in [0, 0.05) is 17.5 Å². The van der Waals surface area contributed by atoms with E-state index >= 15 is 0 Å². The lowest BCUT2D eigenvalue weighted by Crippen LogP contribution is -2.07. The van der Waals surface area contributed by atoms with Crippen LogP contribution in [-0.4, -0.2) is 23.7 Å². The van der Waals surface area contributed by atoms with Crippen LogP contribution in [0.3, 0.4) is 0 Å². The molecule has 182 valence electrons. The van der Waals surface area contributed by atoms with Gasteiger partial charge in [-0.2, -0.15) is 0 Å². The number of carbonyl (C=O) groups excluding carboxylic acids is 2. The van der Waals surface area contributed by atoms with Crippen molar-refractivity contribution in [2.45, 2.75) is 47.5 Å². The lowest BCUT2D eigenvalue weighted by Gasteiger charge is -2.17. The first-order valence-electron chi connectivity index (χ1n) is 11.7. The zero-order valence-electron chi connectivity index (χ0n) is 21.7. The summed E-state index contributed by atoms with van der Waals surface area (Å²) in [5.74, 6) is 0.496. The van der Waals surface area contributed by atoms with Crippen molar-refractivity contribution in [1.29, 1.82) is 0 Å². The number of benzene rings is 1. The standard InChI is InChI=1S/C31H35NO3/c1-9-12-28-27(11-3)29(22(7)34)31(35-8)30(32-28)25-17-15-24(16-18-25)23(10-2)19-26(20(4)5)14-13-21(6)33/h9-12,15-19H,2-3,13-14H2,1,4-8H3/b12-9-,23-19+. The van der Waals surface area contributed by atoms with Gasteiger partial charge >= 0.3 is 0 Å². The van der Waals surface area contributed by atoms with Gasteiger partial charge in [0.25, 0.3) is 0 Å². The molecule has 0 atom stereocenters. The van der Waals surface area contributed by atoms with Crippen LogP contribution in [-0.2, 0) is 4.79 Å². The second kappa shape index (κ2) is 12.6. The fraction of sp³-hybridized carbons (Fsp3) is 0.258. The van der Waals surface area contributed by atoms with Crippen LogP contribution in [0, 0.1) is 0 Å². The van der Waals surface area contributed by atoms with Gasteiger partial charge in [-0.1, -0.05) is 67.3 Å². The summed E-state index contributed by atoms with van der Waals surface area (Å²) in [5, 5.41) is 0. The van der Waals surface area contributed by atoms with Gasteiger partial charge < -0.3 is 9.53 Å². The van der Waals surface area contributed by atoms with Gasteiger partial charge in [0.2, 0.25) is 0 Å². The third kappa shape index (κ3) is 6.63. The molecule has 0 aliphatic rings. The molecule has 1 aromatic heterocycles. The average molecular weight is 470 g/mol. The molecular formula is C31H35NO3. The summed E-state index contributed by atoms with van der Waals surface area (Å²) in [6.45, 7) is 17.0. The number of ether oxygens (including phenoxy) is 1. The highest BCUT2D eigenvalue weighted by atomic mass is 16.5. The fourth-order valence-corrected chi connectivity index (χ4v) is 3.88. The number of ketones is 2. The quantitative estimate of drug-likeness (QED) is 0.248. The van der Waals surface area contributed by atoms with E-state index in [0.717, 1.165) is 22.3 Å². The maximum absolute atomic E-state index is 12.6. The Morgan fingerprint density at radius 2 is 1.69 bits per heavy atom. The number of nitrogens with zero attached hydrogens (tertiary/aromatic N) is 1. The molecule has 0 radical (unpaired) electrons. The van der Waals surface area contributed by atoms with E-state index in [9.17, 15) is 9.59 Å². The van der Waals surface area contributed by atoms with E-state index in [0.29, 0.717) is 41.1 Å². The highest BCUT2D eigenvalue weighted by Crippen LogP contribution is 2.37. The van der Waals surface area contributed by atoms with Gasteiger partial charge in [-0.15, -0.1) is 0 Å². The number of rotatable bonds is 11. The zero-order valence-corrected chi connectivity index (χ0v) is 21.7. The van der Waals surface area contributed by atoms with Crippen molar-refractivity contribution in [1.82, 2.24) is 4.98 Å². The van der Waals surface area contributed by atoms with Crippen molar-refractivity contribution in [3.05, 3.63) is 89.2 Å². The summed E-state index contributed by atoms with van der Waals surface area (Å²) in [7, 11) is 1.55. The minimum absolute atomic E-state index is 0.112. The van der Waals surface area contributed by atoms with Crippen LogP contribution in [0.5, 0.6) is 5.75 Å². The normalized spacial score (nSPS) is 11.3. The first-order valence-corrected chi connectivity index (χ1v) is 11.7. The summed E-state index contributed by atoms with van der Waals surface area (Å²) in [6.07, 6.45) is 10.5. The summed E-state index contributed by atoms with van der Waals surface area (Å²) < 4.78 is 5.68. The first-order chi connectivity index (χ1) is 16.7. The lowest BCUT2D eigenvalue weighted by molar-refractivity contribution is -0.116. The number of allylic oxidation sites excluding steroid dienone is 6. The zero-order chi connectivity index (χ0) is 26.1. The second-order valence-electron chi connectivity index (χ2n) is 8.54. The molecule has 0 amide bonds. The topological polar surface area (TPSA) is 56.3 Å². The van der Waals surface area contributed by atoms with E-state index in [-0.39, 0.29) is 11.6 Å². The molecule has 2 rings (SSSR count). The van der Waals surface area contributed by atoms with Crippen LogP contribution in [0.15, 0.2) is 66.8 Å². The van der Waals surface area contributed by atoms with Crippen molar-refractivity contribution in [3.8, 4) is 17.0 Å². The van der Waals surface area contributed by atoms with Crippen molar-refractivity contribution >= 4 is 29.3 Å². The predicted octanol–water partition coefficient (Wildman–Crippen LogP) is 7.91. The Morgan fingerprint density at radius 3 is 2.14 bits per heavy atom. The molecule has 0 unspecified atom stereocenters. The van der Waals surface area contributed by atoms with Crippen molar-refractivity contribution in [2.75, 3.05) is 7.11 Å². The number of methoxy groups -OCH3 is 1. The third-order valence-electron chi connectivity index (χ3n) is 5.73. The summed E-state index contributed by atoms with van der Waals surface area (Å²) in [6, 6.07) is 7.93. The molecule has 0 bridgehead atoms. The highest BCUT2D eigenvalue weighted by Gasteiger charge is 2.22. The van der Waals surface area contributed by atoms with Gasteiger partial charge in [0.1, 0.15) is 11.5 Å². The summed E-state index contributed by atoms with van der Waals surface area (Å²) in [5.41, 5.74) is 7.48. The molecule has 1 heterocycles. The largest absolute Gasteiger partial charge is 0.494 e. The second-order valence-corrected chi connectivity index (χ2v) is 8.54. The number of aromatic nitrogens is 1. The van der Waals surface area contributed by atoms with E-state index in [4.69, 9.17) is 9.72 Å². The number of hydrogen-bond donors (Lipinski definition) is 0. The van der Waals surface area contributed by atoms with Gasteiger partial charge in [-0.05, 0) is 63.8 Å². The maximum Gasteiger partial charge on any atom is 0.164 e. The molecule has 0 fully saturated rings. The molecule has 0 saturated heterocycles. The molecule has 0 saturated carbocycles. The molecule has 2 aromatic rings. The van der Waals surface area contributed by atoms with Crippen molar-refractivity contribution in [3.63, 3.8) is 0 Å². The summed E-state index contributed by atoms with van der Waals surface area (Å²) >= 11 is 0. The van der Waals surface area contributed by atoms with Gasteiger partial charge in [0.05, 0.1) is 18.4 Å². The SMILES string of the molecule is C=C/C(=C\C(CCC(C)=O)=C(C)C)c1ccc(-c2nc(/C=C\C)c(C=C)c(C(C)=O)c2OC)cc1. The van der Waals surface area contributed by atoms with Crippen molar-refractivity contribution < 1.29 is 14.3 Å². The third-order valence-corrected chi connectivity index (χ3v) is 5.73. The molecular weight excluding hydrogens is 434 g/mol. The smallest absolute Gasteiger partial charge is 0.164 e. The van der Waals surface area contributed by atoms with E-state index in [2.05, 4.69) is 33.1 Å². The predicted molar refractivity (Wildman–Crippen MR) is 147 cm³/mol. The maximum atomic E-state index is 12.6. The van der Waals surface area contributed by atoms with Gasteiger partial charge in [0.15, 0.2) is 11.5 Å². The Balaban J connectivity index is 2.63. The number of carbonyl (C=O) groups is 2. The molecule has 35 heavy (non-hydrogen) atoms. The van der Waals surface area contributed by atoms with Crippen LogP contribution in [0.1, 0.15) is 74.6 Å². The monoisotopic (exact) mass is 469 g/mol. The highest BCUT2D eigenvalue weighted by molar-refractivity contribution is 6.03. The van der Waals surface area contributed by atoms with Crippen LogP contribution in [0.2, 0.25) is 0 Å². The Morgan fingerprint density at radius 1 is 1.03 bits per heavy atom. The average Bonchev–Trinajstić information content (AvgIpc) is 2.83. The van der Waals surface area contributed by atoms with Gasteiger partial charge in [-0.3, -0.25) is 4.79 Å². The summed E-state index contributed by atoms with van der Waals surface area (Å²) in [4.78, 5) is 28.9. The lowest BCUT2D eigenvalue weighted by atomic mass is 9.95. The van der Waals surface area contributed by atoms with Crippen LogP contribution >= 0.6 is 0 Å². The Bertz CT molecular complexity index is 1220. The minimum atomic E-state index is -0.112. The van der Waals surface area contributed by atoms with E-state index in [1.165, 1.54) is 12.5 Å². The number of pyridine rings is 1. The molecule has 0 aliphatic heterocycles. The molecule has 0 N–H and O–H groups in total. The fourth-order valence-electron chi connectivity index (χ4n) is 3.88. The molecule has 1 aromatic carbocycles. The van der Waals surface area contributed by atoms with E-state index in [1.807, 2.05) is 49.4 Å². The molecule has 0 spiro atoms.